The van der Waals surface area contributed by atoms with Crippen molar-refractivity contribution in [1.29, 1.82) is 0 Å². The zero-order chi connectivity index (χ0) is 14.0. The Hall–Kier alpha value is -1.66. The zero-order valence-electron chi connectivity index (χ0n) is 11.2. The highest BCUT2D eigenvalue weighted by molar-refractivity contribution is 5.85. The highest BCUT2D eigenvalue weighted by atomic mass is 16.4. The van der Waals surface area contributed by atoms with Gasteiger partial charge in [-0.1, -0.05) is 6.07 Å². The molecule has 0 aromatic carbocycles. The number of hydrogen-bond donors (Lipinski definition) is 2. The van der Waals surface area contributed by atoms with Crippen LogP contribution in [0.4, 0.5) is 5.82 Å². The second kappa shape index (κ2) is 5.54. The van der Waals surface area contributed by atoms with Gasteiger partial charge in [-0.25, -0.2) is 9.78 Å². The average molecular weight is 265 g/mol. The second-order valence-electron chi connectivity index (χ2n) is 5.14. The first-order chi connectivity index (χ1) is 8.97. The number of likely N-dealkylation sites (N-methyl/N-ethyl adjacent to an activating group) is 1. The van der Waals surface area contributed by atoms with Crippen LogP contribution in [0.1, 0.15) is 16.9 Å². The first kappa shape index (κ1) is 13.8. The van der Waals surface area contributed by atoms with E-state index in [0.29, 0.717) is 18.8 Å². The predicted octanol–water partition coefficient (Wildman–Crippen LogP) is 0.281. The number of hydrogen-bond acceptors (Lipinski definition) is 5. The van der Waals surface area contributed by atoms with Crippen molar-refractivity contribution in [3.63, 3.8) is 0 Å². The van der Waals surface area contributed by atoms with Crippen molar-refractivity contribution in [3.05, 3.63) is 23.9 Å². The third kappa shape index (κ3) is 3.21. The number of anilines is 1. The number of aromatic carboxylic acids is 1. The molecular weight excluding hydrogens is 246 g/mol. The van der Waals surface area contributed by atoms with Crippen molar-refractivity contribution in [2.45, 2.75) is 18.6 Å². The average Bonchev–Trinajstić information content (AvgIpc) is 2.69. The molecule has 2 heterocycles. The van der Waals surface area contributed by atoms with Gasteiger partial charge in [-0.05, 0) is 32.6 Å². The third-order valence-corrected chi connectivity index (χ3v) is 3.22. The highest BCUT2D eigenvalue weighted by Gasteiger charge is 2.32. The summed E-state index contributed by atoms with van der Waals surface area (Å²) in [5.74, 6) is -0.422. The molecule has 1 aliphatic rings. The largest absolute Gasteiger partial charge is 0.477 e. The second-order valence-corrected chi connectivity index (χ2v) is 5.14. The molecule has 0 spiro atoms. The van der Waals surface area contributed by atoms with Gasteiger partial charge in [-0.15, -0.1) is 0 Å². The van der Waals surface area contributed by atoms with Crippen LogP contribution in [0.25, 0.3) is 0 Å². The SMILES string of the molecule is CN(C)CC1CC(O)CN1c1cccc(C(=O)O)n1. The number of aliphatic hydroxyl groups is 1. The van der Waals surface area contributed by atoms with Crippen LogP contribution in [-0.4, -0.2) is 65.4 Å². The maximum Gasteiger partial charge on any atom is 0.354 e. The Morgan fingerprint density at radius 3 is 2.89 bits per heavy atom. The van der Waals surface area contributed by atoms with Gasteiger partial charge in [0.15, 0.2) is 5.69 Å². The van der Waals surface area contributed by atoms with Gasteiger partial charge in [-0.3, -0.25) is 0 Å². The van der Waals surface area contributed by atoms with E-state index in [4.69, 9.17) is 5.11 Å². The third-order valence-electron chi connectivity index (χ3n) is 3.22. The topological polar surface area (TPSA) is 76.9 Å². The molecule has 2 rings (SSSR count). The van der Waals surface area contributed by atoms with Crippen molar-refractivity contribution >= 4 is 11.8 Å². The molecule has 1 saturated heterocycles. The van der Waals surface area contributed by atoms with E-state index < -0.39 is 5.97 Å². The van der Waals surface area contributed by atoms with Crippen LogP contribution in [0.3, 0.4) is 0 Å². The number of carboxylic acids is 1. The molecule has 1 aromatic heterocycles. The summed E-state index contributed by atoms with van der Waals surface area (Å²) in [5, 5.41) is 18.8. The van der Waals surface area contributed by atoms with E-state index in [9.17, 15) is 9.90 Å². The van der Waals surface area contributed by atoms with E-state index >= 15 is 0 Å². The number of pyridine rings is 1. The molecule has 2 N–H and O–H groups in total. The van der Waals surface area contributed by atoms with E-state index in [2.05, 4.69) is 9.88 Å². The maximum absolute atomic E-state index is 11.0. The molecule has 0 radical (unpaired) electrons. The molecule has 104 valence electrons. The lowest BCUT2D eigenvalue weighted by Crippen LogP contribution is -2.38. The summed E-state index contributed by atoms with van der Waals surface area (Å²) >= 11 is 0. The number of carbonyl (C=O) groups is 1. The molecule has 6 heteroatoms. The molecule has 1 fully saturated rings. The fourth-order valence-corrected chi connectivity index (χ4v) is 2.47. The van der Waals surface area contributed by atoms with E-state index in [-0.39, 0.29) is 17.8 Å². The van der Waals surface area contributed by atoms with Crippen LogP contribution in [0, 0.1) is 0 Å². The van der Waals surface area contributed by atoms with E-state index in [1.54, 1.807) is 12.1 Å². The van der Waals surface area contributed by atoms with Gasteiger partial charge in [0.2, 0.25) is 0 Å². The summed E-state index contributed by atoms with van der Waals surface area (Å²) in [5.41, 5.74) is 0.0301. The van der Waals surface area contributed by atoms with Gasteiger partial charge in [0.1, 0.15) is 5.82 Å². The molecule has 0 bridgehead atoms. The van der Waals surface area contributed by atoms with Gasteiger partial charge in [0, 0.05) is 19.1 Å². The zero-order valence-corrected chi connectivity index (χ0v) is 11.2. The summed E-state index contributed by atoms with van der Waals surface area (Å²) < 4.78 is 0. The van der Waals surface area contributed by atoms with Crippen LogP contribution in [-0.2, 0) is 0 Å². The van der Waals surface area contributed by atoms with Gasteiger partial charge in [0.05, 0.1) is 6.10 Å². The summed E-state index contributed by atoms with van der Waals surface area (Å²) in [6, 6.07) is 5.09. The minimum Gasteiger partial charge on any atom is -0.477 e. The first-order valence-electron chi connectivity index (χ1n) is 6.27. The number of rotatable bonds is 4. The lowest BCUT2D eigenvalue weighted by Gasteiger charge is -2.27. The molecule has 2 unspecified atom stereocenters. The Labute approximate surface area is 112 Å². The normalized spacial score (nSPS) is 23.1. The van der Waals surface area contributed by atoms with Crippen molar-refractivity contribution in [3.8, 4) is 0 Å². The summed E-state index contributed by atoms with van der Waals surface area (Å²) in [6.07, 6.45) is 0.289. The highest BCUT2D eigenvalue weighted by Crippen LogP contribution is 2.24. The van der Waals surface area contributed by atoms with Gasteiger partial charge >= 0.3 is 5.97 Å². The van der Waals surface area contributed by atoms with Crippen LogP contribution < -0.4 is 4.90 Å². The monoisotopic (exact) mass is 265 g/mol. The van der Waals surface area contributed by atoms with Crippen LogP contribution in [0.15, 0.2) is 18.2 Å². The van der Waals surface area contributed by atoms with Crippen molar-refractivity contribution in [2.24, 2.45) is 0 Å². The Balaban J connectivity index is 2.23. The van der Waals surface area contributed by atoms with Crippen LogP contribution in [0.2, 0.25) is 0 Å². The van der Waals surface area contributed by atoms with Gasteiger partial charge in [-0.2, -0.15) is 0 Å². The minimum absolute atomic E-state index is 0.0301. The van der Waals surface area contributed by atoms with Crippen LogP contribution in [0.5, 0.6) is 0 Å². The van der Waals surface area contributed by atoms with E-state index in [0.717, 1.165) is 6.54 Å². The van der Waals surface area contributed by atoms with Crippen molar-refractivity contribution in [2.75, 3.05) is 32.1 Å². The smallest absolute Gasteiger partial charge is 0.354 e. The number of nitrogens with zero attached hydrogens (tertiary/aromatic N) is 3. The van der Waals surface area contributed by atoms with Gasteiger partial charge < -0.3 is 20.0 Å². The first-order valence-corrected chi connectivity index (χ1v) is 6.27. The number of aromatic nitrogens is 1. The van der Waals surface area contributed by atoms with Crippen molar-refractivity contribution < 1.29 is 15.0 Å². The molecule has 0 saturated carbocycles. The Kier molecular flexibility index (Phi) is 4.01. The quantitative estimate of drug-likeness (QED) is 0.814. The van der Waals surface area contributed by atoms with E-state index in [1.807, 2.05) is 19.0 Å². The van der Waals surface area contributed by atoms with Crippen LogP contribution >= 0.6 is 0 Å². The molecule has 1 aliphatic heterocycles. The summed E-state index contributed by atoms with van der Waals surface area (Å²) in [6.45, 7) is 1.30. The lowest BCUT2D eigenvalue weighted by molar-refractivity contribution is 0.0690. The minimum atomic E-state index is -1.04. The molecule has 0 amide bonds. The molecule has 0 aliphatic carbocycles. The predicted molar refractivity (Wildman–Crippen MR) is 71.5 cm³/mol. The molecule has 1 aromatic rings. The maximum atomic E-state index is 11.0. The Morgan fingerprint density at radius 1 is 1.53 bits per heavy atom. The molecule has 6 nitrogen and oxygen atoms in total. The fourth-order valence-electron chi connectivity index (χ4n) is 2.47. The van der Waals surface area contributed by atoms with Crippen molar-refractivity contribution in [1.82, 2.24) is 9.88 Å². The standard InChI is InChI=1S/C13H19N3O3/c1-15(2)7-9-6-10(17)8-16(9)12-5-3-4-11(14-12)13(18)19/h3-5,9-10,17H,6-8H2,1-2H3,(H,18,19). The van der Waals surface area contributed by atoms with E-state index in [1.165, 1.54) is 6.07 Å². The summed E-state index contributed by atoms with van der Waals surface area (Å²) in [4.78, 5) is 19.1. The molecule has 19 heavy (non-hydrogen) atoms. The number of carboxylic acid groups (broad SMARTS) is 1. The Morgan fingerprint density at radius 2 is 2.26 bits per heavy atom. The van der Waals surface area contributed by atoms with Gasteiger partial charge in [0.25, 0.3) is 0 Å². The molecular formula is C13H19N3O3. The fraction of sp³-hybridized carbons (Fsp3) is 0.538. The number of aliphatic hydroxyl groups excluding tert-OH is 1. The lowest BCUT2D eigenvalue weighted by atomic mass is 10.2. The Bertz CT molecular complexity index is 464. The number of β-amino-alcohol motifs (C(OH)–C–C–N with tert-alkyl or cyclic N) is 1. The summed E-state index contributed by atoms with van der Waals surface area (Å²) in [7, 11) is 3.95. The molecule has 2 atom stereocenters.